The van der Waals surface area contributed by atoms with Gasteiger partial charge >= 0.3 is 0 Å². The largest absolute Gasteiger partial charge is 0.393 e. The molecule has 0 aromatic carbocycles. The highest BCUT2D eigenvalue weighted by Gasteiger charge is 2.59. The zero-order chi connectivity index (χ0) is 10.6. The summed E-state index contributed by atoms with van der Waals surface area (Å²) in [5.74, 6) is -0.566. The standard InChI is InChI=1S/C10H18O4/c1-6-7-8(10(4,5-11)12-6)14-9(2,3)13-7/h6-8,11H,5H2,1-4H3/t6?,7-,8?,10?/m1/s1. The maximum atomic E-state index is 9.30. The number of aliphatic hydroxyl groups excluding tert-OH is 1. The first-order valence-electron chi connectivity index (χ1n) is 5.02. The lowest BCUT2D eigenvalue weighted by Gasteiger charge is -2.29. The topological polar surface area (TPSA) is 47.9 Å². The Kier molecular flexibility index (Phi) is 2.16. The Morgan fingerprint density at radius 2 is 1.79 bits per heavy atom. The molecule has 2 aliphatic rings. The van der Waals surface area contributed by atoms with Crippen molar-refractivity contribution in [3.05, 3.63) is 0 Å². The zero-order valence-corrected chi connectivity index (χ0v) is 9.11. The highest BCUT2D eigenvalue weighted by molar-refractivity contribution is 5.03. The van der Waals surface area contributed by atoms with E-state index in [0.29, 0.717) is 0 Å². The van der Waals surface area contributed by atoms with Crippen molar-refractivity contribution in [3.63, 3.8) is 0 Å². The van der Waals surface area contributed by atoms with Crippen LogP contribution >= 0.6 is 0 Å². The Balaban J connectivity index is 2.23. The van der Waals surface area contributed by atoms with Crippen LogP contribution in [0.25, 0.3) is 0 Å². The summed E-state index contributed by atoms with van der Waals surface area (Å²) in [6.07, 6.45) is -0.265. The SMILES string of the molecule is CC1OC(C)(CO)C2OC(C)(C)O[C@H]12. The van der Waals surface area contributed by atoms with Gasteiger partial charge in [0, 0.05) is 0 Å². The van der Waals surface area contributed by atoms with E-state index in [0.717, 1.165) is 0 Å². The molecule has 14 heavy (non-hydrogen) atoms. The van der Waals surface area contributed by atoms with Crippen LogP contribution in [0.2, 0.25) is 0 Å². The summed E-state index contributed by atoms with van der Waals surface area (Å²) in [6.45, 7) is 7.53. The van der Waals surface area contributed by atoms with Crippen molar-refractivity contribution < 1.29 is 19.3 Å². The van der Waals surface area contributed by atoms with E-state index in [4.69, 9.17) is 14.2 Å². The molecular formula is C10H18O4. The van der Waals surface area contributed by atoms with E-state index >= 15 is 0 Å². The predicted octanol–water partition coefficient (Wildman–Crippen LogP) is 0.676. The number of fused-ring (bicyclic) bond motifs is 1. The van der Waals surface area contributed by atoms with E-state index in [9.17, 15) is 5.11 Å². The third kappa shape index (κ3) is 1.37. The molecule has 3 unspecified atom stereocenters. The smallest absolute Gasteiger partial charge is 0.164 e. The van der Waals surface area contributed by atoms with E-state index in [2.05, 4.69) is 0 Å². The molecule has 2 saturated heterocycles. The van der Waals surface area contributed by atoms with Gasteiger partial charge in [-0.25, -0.2) is 0 Å². The van der Waals surface area contributed by atoms with Gasteiger partial charge in [-0.05, 0) is 27.7 Å². The van der Waals surface area contributed by atoms with E-state index in [1.165, 1.54) is 0 Å². The number of ether oxygens (including phenoxy) is 3. The van der Waals surface area contributed by atoms with Gasteiger partial charge in [0.1, 0.15) is 17.8 Å². The molecule has 0 bridgehead atoms. The van der Waals surface area contributed by atoms with Crippen molar-refractivity contribution in [3.8, 4) is 0 Å². The Morgan fingerprint density at radius 3 is 2.36 bits per heavy atom. The van der Waals surface area contributed by atoms with Gasteiger partial charge in [0.2, 0.25) is 0 Å². The maximum Gasteiger partial charge on any atom is 0.164 e. The summed E-state index contributed by atoms with van der Waals surface area (Å²) in [6, 6.07) is 0. The molecule has 4 nitrogen and oxygen atoms in total. The minimum absolute atomic E-state index is 0.0288. The van der Waals surface area contributed by atoms with Gasteiger partial charge < -0.3 is 19.3 Å². The van der Waals surface area contributed by atoms with Gasteiger partial charge in [0.05, 0.1) is 12.7 Å². The second-order valence-electron chi connectivity index (χ2n) is 4.81. The Bertz CT molecular complexity index is 240. The summed E-state index contributed by atoms with van der Waals surface area (Å²) in [7, 11) is 0. The molecule has 0 amide bonds. The first kappa shape index (κ1) is 10.4. The molecule has 0 saturated carbocycles. The van der Waals surface area contributed by atoms with Crippen LogP contribution in [0.3, 0.4) is 0 Å². The lowest BCUT2D eigenvalue weighted by atomic mass is 9.98. The average Bonchev–Trinajstić information content (AvgIpc) is 2.50. The highest BCUT2D eigenvalue weighted by atomic mass is 16.8. The third-order valence-electron chi connectivity index (χ3n) is 2.96. The second kappa shape index (κ2) is 2.92. The van der Waals surface area contributed by atoms with Crippen LogP contribution in [0.1, 0.15) is 27.7 Å². The van der Waals surface area contributed by atoms with Gasteiger partial charge in [-0.15, -0.1) is 0 Å². The molecule has 0 spiro atoms. The fourth-order valence-corrected chi connectivity index (χ4v) is 2.29. The van der Waals surface area contributed by atoms with E-state index in [1.54, 1.807) is 0 Å². The molecule has 2 fully saturated rings. The maximum absolute atomic E-state index is 9.30. The fourth-order valence-electron chi connectivity index (χ4n) is 2.29. The molecule has 0 aliphatic carbocycles. The van der Waals surface area contributed by atoms with Crippen molar-refractivity contribution in [1.29, 1.82) is 0 Å². The molecule has 2 heterocycles. The summed E-state index contributed by atoms with van der Waals surface area (Å²) < 4.78 is 17.1. The van der Waals surface area contributed by atoms with Crippen LogP contribution in [0.5, 0.6) is 0 Å². The van der Waals surface area contributed by atoms with Crippen molar-refractivity contribution >= 4 is 0 Å². The van der Waals surface area contributed by atoms with Crippen LogP contribution in [0.4, 0.5) is 0 Å². The summed E-state index contributed by atoms with van der Waals surface area (Å²) >= 11 is 0. The van der Waals surface area contributed by atoms with Crippen molar-refractivity contribution in [2.45, 2.75) is 57.4 Å². The lowest BCUT2D eigenvalue weighted by molar-refractivity contribution is -0.209. The molecule has 4 atom stereocenters. The van der Waals surface area contributed by atoms with Crippen molar-refractivity contribution in [1.82, 2.24) is 0 Å². The second-order valence-corrected chi connectivity index (χ2v) is 4.81. The monoisotopic (exact) mass is 202 g/mol. The average molecular weight is 202 g/mol. The van der Waals surface area contributed by atoms with Gasteiger partial charge in [-0.1, -0.05) is 0 Å². The summed E-state index contributed by atoms with van der Waals surface area (Å²) in [4.78, 5) is 0. The molecule has 0 radical (unpaired) electrons. The first-order chi connectivity index (χ1) is 6.38. The van der Waals surface area contributed by atoms with Crippen LogP contribution in [-0.4, -0.2) is 41.4 Å². The molecule has 82 valence electrons. The normalized spacial score (nSPS) is 50.8. The van der Waals surface area contributed by atoms with Crippen LogP contribution < -0.4 is 0 Å². The quantitative estimate of drug-likeness (QED) is 0.679. The summed E-state index contributed by atoms with van der Waals surface area (Å²) in [5, 5.41) is 9.30. The number of hydrogen-bond donors (Lipinski definition) is 1. The van der Waals surface area contributed by atoms with Gasteiger partial charge in [-0.2, -0.15) is 0 Å². The van der Waals surface area contributed by atoms with Gasteiger partial charge in [-0.3, -0.25) is 0 Å². The lowest BCUT2D eigenvalue weighted by Crippen LogP contribution is -2.43. The predicted molar refractivity (Wildman–Crippen MR) is 49.9 cm³/mol. The van der Waals surface area contributed by atoms with Crippen LogP contribution in [0, 0.1) is 0 Å². The Labute approximate surface area is 84.1 Å². The molecule has 2 aliphatic heterocycles. The van der Waals surface area contributed by atoms with Crippen molar-refractivity contribution in [2.75, 3.05) is 6.61 Å². The minimum Gasteiger partial charge on any atom is -0.393 e. The Morgan fingerprint density at radius 1 is 1.14 bits per heavy atom. The number of aliphatic hydroxyl groups is 1. The molecule has 2 rings (SSSR count). The first-order valence-corrected chi connectivity index (χ1v) is 5.02. The number of rotatable bonds is 1. The molecule has 4 heteroatoms. The number of hydrogen-bond acceptors (Lipinski definition) is 4. The summed E-state index contributed by atoms with van der Waals surface area (Å²) in [5.41, 5.74) is -0.627. The Hall–Kier alpha value is -0.160. The van der Waals surface area contributed by atoms with E-state index < -0.39 is 11.4 Å². The molecule has 1 N–H and O–H groups in total. The highest BCUT2D eigenvalue weighted by Crippen LogP contribution is 2.43. The molecule has 0 aromatic heterocycles. The van der Waals surface area contributed by atoms with Crippen molar-refractivity contribution in [2.24, 2.45) is 0 Å². The van der Waals surface area contributed by atoms with Gasteiger partial charge in [0.15, 0.2) is 5.79 Å². The molecule has 0 aromatic rings. The fraction of sp³-hybridized carbons (Fsp3) is 1.00. The molecular weight excluding hydrogens is 184 g/mol. The van der Waals surface area contributed by atoms with Gasteiger partial charge in [0.25, 0.3) is 0 Å². The van der Waals surface area contributed by atoms with Crippen LogP contribution in [0.15, 0.2) is 0 Å². The van der Waals surface area contributed by atoms with Crippen LogP contribution in [-0.2, 0) is 14.2 Å². The zero-order valence-electron chi connectivity index (χ0n) is 9.11. The minimum atomic E-state index is -0.627. The van der Waals surface area contributed by atoms with E-state index in [1.807, 2.05) is 27.7 Å². The van der Waals surface area contributed by atoms with E-state index in [-0.39, 0.29) is 24.9 Å². The third-order valence-corrected chi connectivity index (χ3v) is 2.96.